The van der Waals surface area contributed by atoms with Gasteiger partial charge >= 0.3 is 0 Å². The van der Waals surface area contributed by atoms with Crippen molar-refractivity contribution in [3.63, 3.8) is 0 Å². The fraction of sp³-hybridized carbons (Fsp3) is 0.462. The maximum Gasteiger partial charge on any atom is 0.244 e. The molecule has 1 atom stereocenters. The van der Waals surface area contributed by atoms with Crippen LogP contribution in [-0.4, -0.2) is 57.3 Å². The van der Waals surface area contributed by atoms with Crippen LogP contribution in [0.15, 0.2) is 23.1 Å². The number of amides is 1. The molecule has 0 aromatic heterocycles. The molecule has 1 fully saturated rings. The van der Waals surface area contributed by atoms with Crippen LogP contribution in [0.1, 0.15) is 6.42 Å². The zero-order valence-electron chi connectivity index (χ0n) is 12.3. The Morgan fingerprint density at radius 2 is 2.05 bits per heavy atom. The number of likely N-dealkylation sites (N-methyl/N-ethyl adjacent to an activating group) is 1. The van der Waals surface area contributed by atoms with E-state index in [1.165, 1.54) is 32.3 Å². The van der Waals surface area contributed by atoms with E-state index in [-0.39, 0.29) is 16.8 Å². The number of carbonyl (C=O) groups excluding carboxylic acids is 1. The number of nitrogen functional groups attached to an aromatic ring is 1. The van der Waals surface area contributed by atoms with Gasteiger partial charge in [-0.1, -0.05) is 0 Å². The highest BCUT2D eigenvalue weighted by atomic mass is 32.2. The van der Waals surface area contributed by atoms with Gasteiger partial charge in [0, 0.05) is 27.7 Å². The number of nitrogens with one attached hydrogen (secondary N) is 1. The standard InChI is InChI=1S/C13H20N4O3S/c1-16(2)21(19,20)9-4-5-10(14)12(8-9)15-11-6-7-17(3)13(11)18/h4-5,8,11,15H,6-7,14H2,1-3H3. The number of hydrogen-bond donors (Lipinski definition) is 2. The molecule has 0 saturated carbocycles. The molecule has 0 aliphatic carbocycles. The summed E-state index contributed by atoms with van der Waals surface area (Å²) in [7, 11) is 1.14. The SMILES string of the molecule is CN1CCC(Nc2cc(S(=O)(=O)N(C)C)ccc2N)C1=O. The molecule has 1 heterocycles. The van der Waals surface area contributed by atoms with Crippen LogP contribution in [0.3, 0.4) is 0 Å². The second kappa shape index (κ2) is 5.53. The van der Waals surface area contributed by atoms with Gasteiger partial charge in [0.1, 0.15) is 6.04 Å². The van der Waals surface area contributed by atoms with Crippen molar-refractivity contribution in [1.29, 1.82) is 0 Å². The van der Waals surface area contributed by atoms with Gasteiger partial charge in [-0.2, -0.15) is 0 Å². The third-order valence-electron chi connectivity index (χ3n) is 3.56. The molecule has 3 N–H and O–H groups in total. The van der Waals surface area contributed by atoms with Crippen molar-refractivity contribution >= 4 is 27.3 Å². The van der Waals surface area contributed by atoms with Crippen LogP contribution in [0.5, 0.6) is 0 Å². The van der Waals surface area contributed by atoms with Crippen molar-refractivity contribution in [3.8, 4) is 0 Å². The molecule has 7 nitrogen and oxygen atoms in total. The summed E-state index contributed by atoms with van der Waals surface area (Å²) in [6, 6.07) is 4.09. The van der Waals surface area contributed by atoms with Gasteiger partial charge in [-0.3, -0.25) is 4.79 Å². The van der Waals surface area contributed by atoms with E-state index in [2.05, 4.69) is 5.32 Å². The molecule has 116 valence electrons. The van der Waals surface area contributed by atoms with Gasteiger partial charge in [0.25, 0.3) is 0 Å². The van der Waals surface area contributed by atoms with E-state index in [0.717, 1.165) is 4.31 Å². The largest absolute Gasteiger partial charge is 0.397 e. The van der Waals surface area contributed by atoms with E-state index in [4.69, 9.17) is 5.73 Å². The monoisotopic (exact) mass is 312 g/mol. The summed E-state index contributed by atoms with van der Waals surface area (Å²) < 4.78 is 25.4. The van der Waals surface area contributed by atoms with E-state index < -0.39 is 10.0 Å². The highest BCUT2D eigenvalue weighted by Gasteiger charge is 2.29. The fourth-order valence-electron chi connectivity index (χ4n) is 2.18. The first-order valence-corrected chi connectivity index (χ1v) is 8.01. The fourth-order valence-corrected chi connectivity index (χ4v) is 3.10. The summed E-state index contributed by atoms with van der Waals surface area (Å²) in [6.07, 6.45) is 0.666. The summed E-state index contributed by atoms with van der Waals surface area (Å²) in [6.45, 7) is 0.673. The molecule has 0 radical (unpaired) electrons. The number of benzene rings is 1. The molecule has 8 heteroatoms. The first kappa shape index (κ1) is 15.6. The van der Waals surface area contributed by atoms with Gasteiger partial charge < -0.3 is 16.0 Å². The Labute approximate surface area is 124 Å². The minimum atomic E-state index is -3.53. The van der Waals surface area contributed by atoms with Crippen molar-refractivity contribution in [3.05, 3.63) is 18.2 Å². The normalized spacial score (nSPS) is 19.3. The predicted octanol–water partition coefficient (Wildman–Crippen LogP) is 0.162. The molecule has 1 unspecified atom stereocenters. The molecule has 1 saturated heterocycles. The lowest BCUT2D eigenvalue weighted by molar-refractivity contribution is -0.127. The molecule has 1 aromatic rings. The highest BCUT2D eigenvalue weighted by molar-refractivity contribution is 7.89. The molecule has 1 amide bonds. The van der Waals surface area contributed by atoms with Crippen molar-refractivity contribution < 1.29 is 13.2 Å². The molecule has 1 aliphatic heterocycles. The summed E-state index contributed by atoms with van der Waals surface area (Å²) >= 11 is 0. The smallest absolute Gasteiger partial charge is 0.244 e. The Balaban J connectivity index is 2.31. The summed E-state index contributed by atoms with van der Waals surface area (Å²) in [5, 5.41) is 3.04. The average molecular weight is 312 g/mol. The molecule has 1 aromatic carbocycles. The number of likely N-dealkylation sites (tertiary alicyclic amines) is 1. The van der Waals surface area contributed by atoms with Crippen molar-refractivity contribution in [2.75, 3.05) is 38.7 Å². The van der Waals surface area contributed by atoms with Crippen LogP contribution < -0.4 is 11.1 Å². The number of hydrogen-bond acceptors (Lipinski definition) is 5. The number of rotatable bonds is 4. The van der Waals surface area contributed by atoms with Gasteiger partial charge in [-0.15, -0.1) is 0 Å². The van der Waals surface area contributed by atoms with Crippen molar-refractivity contribution in [2.24, 2.45) is 0 Å². The number of nitrogens with two attached hydrogens (primary N) is 1. The average Bonchev–Trinajstić information content (AvgIpc) is 2.72. The van der Waals surface area contributed by atoms with Crippen LogP contribution in [0.25, 0.3) is 0 Å². The Hall–Kier alpha value is -1.80. The summed E-state index contributed by atoms with van der Waals surface area (Å²) in [5.74, 6) is -0.0183. The van der Waals surface area contributed by atoms with Crippen LogP contribution in [-0.2, 0) is 14.8 Å². The zero-order chi connectivity index (χ0) is 15.8. The number of carbonyl (C=O) groups is 1. The van der Waals surface area contributed by atoms with E-state index in [9.17, 15) is 13.2 Å². The Morgan fingerprint density at radius 1 is 1.38 bits per heavy atom. The summed E-state index contributed by atoms with van der Waals surface area (Å²) in [4.78, 5) is 13.7. The quantitative estimate of drug-likeness (QED) is 0.772. The lowest BCUT2D eigenvalue weighted by atomic mass is 10.2. The second-order valence-electron chi connectivity index (χ2n) is 5.28. The van der Waals surface area contributed by atoms with E-state index in [1.807, 2.05) is 0 Å². The Bertz CT molecular complexity index is 657. The Kier molecular flexibility index (Phi) is 4.11. The molecule has 1 aliphatic rings. The van der Waals surface area contributed by atoms with Crippen LogP contribution in [0.4, 0.5) is 11.4 Å². The van der Waals surface area contributed by atoms with Crippen molar-refractivity contribution in [2.45, 2.75) is 17.4 Å². The predicted molar refractivity (Wildman–Crippen MR) is 81.4 cm³/mol. The maximum atomic E-state index is 12.1. The first-order chi connectivity index (χ1) is 9.73. The van der Waals surface area contributed by atoms with Gasteiger partial charge in [0.2, 0.25) is 15.9 Å². The third kappa shape index (κ3) is 2.96. The first-order valence-electron chi connectivity index (χ1n) is 6.57. The minimum Gasteiger partial charge on any atom is -0.397 e. The Morgan fingerprint density at radius 3 is 2.57 bits per heavy atom. The molecular formula is C13H20N4O3S. The van der Waals surface area contributed by atoms with Gasteiger partial charge in [-0.25, -0.2) is 12.7 Å². The zero-order valence-corrected chi connectivity index (χ0v) is 13.1. The summed E-state index contributed by atoms with van der Waals surface area (Å²) in [5.41, 5.74) is 6.75. The topological polar surface area (TPSA) is 95.7 Å². The third-order valence-corrected chi connectivity index (χ3v) is 5.37. The minimum absolute atomic E-state index is 0.0183. The molecule has 0 bridgehead atoms. The van der Waals surface area contributed by atoms with Gasteiger partial charge in [0.15, 0.2) is 0 Å². The molecular weight excluding hydrogens is 292 g/mol. The molecule has 2 rings (SSSR count). The lowest BCUT2D eigenvalue weighted by Gasteiger charge is -2.17. The van der Waals surface area contributed by atoms with Crippen LogP contribution >= 0.6 is 0 Å². The molecule has 21 heavy (non-hydrogen) atoms. The number of nitrogens with zero attached hydrogens (tertiary/aromatic N) is 2. The van der Waals surface area contributed by atoms with E-state index in [0.29, 0.717) is 24.3 Å². The van der Waals surface area contributed by atoms with Gasteiger partial charge in [0.05, 0.1) is 16.3 Å². The van der Waals surface area contributed by atoms with Crippen LogP contribution in [0, 0.1) is 0 Å². The van der Waals surface area contributed by atoms with E-state index in [1.54, 1.807) is 11.9 Å². The van der Waals surface area contributed by atoms with Crippen LogP contribution in [0.2, 0.25) is 0 Å². The maximum absolute atomic E-state index is 12.1. The van der Waals surface area contributed by atoms with Gasteiger partial charge in [-0.05, 0) is 24.6 Å². The highest BCUT2D eigenvalue weighted by Crippen LogP contribution is 2.26. The number of sulfonamides is 1. The lowest BCUT2D eigenvalue weighted by Crippen LogP contribution is -2.31. The van der Waals surface area contributed by atoms with E-state index >= 15 is 0 Å². The second-order valence-corrected chi connectivity index (χ2v) is 7.43. The molecule has 0 spiro atoms. The number of anilines is 2. The van der Waals surface area contributed by atoms with Crippen molar-refractivity contribution in [1.82, 2.24) is 9.21 Å².